The number of fused-ring (bicyclic) bond motifs is 8. The first-order valence-corrected chi connectivity index (χ1v) is 48.3. The van der Waals surface area contributed by atoms with E-state index < -0.39 is 28.8 Å². The summed E-state index contributed by atoms with van der Waals surface area (Å²) >= 11 is 1.50. The Kier molecular flexibility index (Phi) is 27.9. The number of hydrogen-bond donors (Lipinski definition) is 3. The van der Waals surface area contributed by atoms with Gasteiger partial charge in [-0.25, -0.2) is 48.5 Å². The van der Waals surface area contributed by atoms with Crippen LogP contribution in [0.3, 0.4) is 0 Å². The van der Waals surface area contributed by atoms with E-state index in [-0.39, 0.29) is 29.0 Å². The number of nitrogens with one attached hydrogen (secondary N) is 2. The maximum atomic E-state index is 12.9. The Morgan fingerprint density at radius 1 is 0.286 bits per heavy atom. The third-order valence-electron chi connectivity index (χ3n) is 24.4. The second-order valence-corrected chi connectivity index (χ2v) is 34.8. The van der Waals surface area contributed by atoms with Gasteiger partial charge >= 0.3 is 40.1 Å². The molecule has 8 heterocycles. The van der Waals surface area contributed by atoms with Crippen LogP contribution in [0.4, 0.5) is 73.9 Å². The summed E-state index contributed by atoms with van der Waals surface area (Å²) in [4.78, 5) is 116. The lowest BCUT2D eigenvalue weighted by atomic mass is 10.1. The van der Waals surface area contributed by atoms with E-state index >= 15 is 0 Å². The zero-order valence-electron chi connectivity index (χ0n) is 79.4. The van der Waals surface area contributed by atoms with Crippen molar-refractivity contribution in [2.75, 3.05) is 44.2 Å². The number of rotatable bonds is 21. The van der Waals surface area contributed by atoms with Gasteiger partial charge in [-0.15, -0.1) is 11.3 Å². The third kappa shape index (κ3) is 21.0. The summed E-state index contributed by atoms with van der Waals surface area (Å²) in [7, 11) is 0. The first-order valence-electron chi connectivity index (χ1n) is 47.4. The van der Waals surface area contributed by atoms with Crippen molar-refractivity contribution in [1.82, 2.24) is 24.9 Å². The quantitative estimate of drug-likeness (QED) is 0.0445. The maximum Gasteiger partial charge on any atom is 0.351 e. The van der Waals surface area contributed by atoms with Gasteiger partial charge in [0.1, 0.15) is 66.8 Å². The van der Waals surface area contributed by atoms with Gasteiger partial charge in [0, 0.05) is 144 Å². The van der Waals surface area contributed by atoms with E-state index in [0.717, 1.165) is 135 Å². The number of thiazole rings is 1. The molecule has 0 aliphatic carbocycles. The monoisotopic (exact) mass is 1950 g/mol. The average molecular weight is 1950 g/mol. The number of nitrogens with zero attached hydrogens (tertiary/aromatic N) is 8. The average Bonchev–Trinajstić information content (AvgIpc) is 1.66. The molecule has 0 radical (unpaired) electrons. The molecule has 0 spiro atoms. The van der Waals surface area contributed by atoms with Crippen molar-refractivity contribution in [3.8, 4) is 33.3 Å². The largest absolute Gasteiger partial charge is 0.477 e. The molecule has 147 heavy (non-hydrogen) atoms. The summed E-state index contributed by atoms with van der Waals surface area (Å²) in [6.07, 6.45) is 0. The summed E-state index contributed by atoms with van der Waals surface area (Å²) in [6.45, 7) is 7.91. The summed E-state index contributed by atoms with van der Waals surface area (Å²) < 4.78 is 33.8. The molecular formula is C122H90N10O14S. The van der Waals surface area contributed by atoms with E-state index in [1.54, 1.807) is 25.1 Å². The topological polar surface area (TPSA) is 301 Å². The highest BCUT2D eigenvalue weighted by Gasteiger charge is 2.25. The van der Waals surface area contributed by atoms with Gasteiger partial charge in [0.25, 0.3) is 0 Å². The number of ether oxygens (including phenoxy) is 1. The molecule has 24 aromatic rings. The first-order chi connectivity index (χ1) is 72.0. The summed E-state index contributed by atoms with van der Waals surface area (Å²) in [6, 6.07) is 140. The van der Waals surface area contributed by atoms with Crippen molar-refractivity contribution in [2.45, 2.75) is 20.8 Å². The van der Waals surface area contributed by atoms with E-state index in [1.165, 1.54) is 23.5 Å². The number of aromatic nitrogens is 5. The Hall–Kier alpha value is -19.7. The van der Waals surface area contributed by atoms with Crippen molar-refractivity contribution < 1.29 is 41.5 Å². The molecule has 718 valence electrons. The highest BCUT2D eigenvalue weighted by molar-refractivity contribution is 7.21. The van der Waals surface area contributed by atoms with Crippen LogP contribution < -0.4 is 52.6 Å². The zero-order valence-corrected chi connectivity index (χ0v) is 80.2. The van der Waals surface area contributed by atoms with Gasteiger partial charge in [-0.3, -0.25) is 0 Å². The number of aromatic carboxylic acids is 1. The van der Waals surface area contributed by atoms with E-state index in [4.69, 9.17) is 31.9 Å². The summed E-state index contributed by atoms with van der Waals surface area (Å²) in [5, 5.41) is 13.5. The molecule has 24 rings (SSSR count). The number of aromatic amines is 2. The Labute approximate surface area is 843 Å². The number of anilines is 13. The Balaban J connectivity index is 0.000000112. The van der Waals surface area contributed by atoms with Crippen molar-refractivity contribution in [1.29, 1.82) is 0 Å². The molecule has 16 aromatic carbocycles. The van der Waals surface area contributed by atoms with Crippen molar-refractivity contribution >= 4 is 184 Å². The van der Waals surface area contributed by atoms with Gasteiger partial charge in [-0.05, 0) is 245 Å². The number of carboxylic acid groups (broad SMARTS) is 1. The molecular weight excluding hydrogens is 1860 g/mol. The maximum absolute atomic E-state index is 12.9. The minimum Gasteiger partial charge on any atom is -0.477 e. The number of para-hydroxylation sites is 13. The number of carbonyl (C=O) groups excluding carboxylic acids is 1. The first kappa shape index (κ1) is 94.9. The minimum absolute atomic E-state index is 0.102. The van der Waals surface area contributed by atoms with E-state index in [9.17, 15) is 33.6 Å². The van der Waals surface area contributed by atoms with Gasteiger partial charge in [-0.1, -0.05) is 182 Å². The van der Waals surface area contributed by atoms with E-state index in [1.807, 2.05) is 357 Å². The predicted octanol–water partition coefficient (Wildman–Crippen LogP) is 28.9. The van der Waals surface area contributed by atoms with Crippen LogP contribution >= 0.6 is 11.3 Å². The molecule has 24 nitrogen and oxygen atoms in total. The number of esters is 1. The molecule has 3 N–H and O–H groups in total. The Bertz CT molecular complexity index is 8700. The van der Waals surface area contributed by atoms with Crippen molar-refractivity contribution in [2.24, 2.45) is 0 Å². The normalized spacial score (nSPS) is 11.0. The lowest BCUT2D eigenvalue weighted by Crippen LogP contribution is -2.21. The summed E-state index contributed by atoms with van der Waals surface area (Å²) in [5.41, 5.74) is 17.2. The fourth-order valence-corrected chi connectivity index (χ4v) is 18.3. The molecule has 0 aliphatic heterocycles. The second kappa shape index (κ2) is 43.2. The number of hydrogen-bond acceptors (Lipinski definition) is 22. The number of carboxylic acids is 1. The van der Waals surface area contributed by atoms with Crippen LogP contribution in [0.2, 0.25) is 0 Å². The molecule has 0 unspecified atom stereocenters. The van der Waals surface area contributed by atoms with Crippen LogP contribution in [0.25, 0.3) is 120 Å². The van der Waals surface area contributed by atoms with Gasteiger partial charge in [0.15, 0.2) is 0 Å². The van der Waals surface area contributed by atoms with Gasteiger partial charge in [0.2, 0.25) is 0 Å². The Morgan fingerprint density at radius 3 is 0.878 bits per heavy atom. The van der Waals surface area contributed by atoms with E-state index in [2.05, 4.69) is 113 Å². The predicted molar refractivity (Wildman–Crippen MR) is 586 cm³/mol. The molecule has 0 fully saturated rings. The Morgan fingerprint density at radius 2 is 0.558 bits per heavy atom. The van der Waals surface area contributed by atoms with Gasteiger partial charge in [-0.2, -0.15) is 0 Å². The number of carbonyl (C=O) groups is 2. The fraction of sp³-hybridized carbons (Fsp3) is 0.0492. The second-order valence-electron chi connectivity index (χ2n) is 33.8. The van der Waals surface area contributed by atoms with Crippen molar-refractivity contribution in [3.63, 3.8) is 0 Å². The summed E-state index contributed by atoms with van der Waals surface area (Å²) in [5.74, 6) is -0.942. The third-order valence-corrected chi connectivity index (χ3v) is 25.5. The van der Waals surface area contributed by atoms with Crippen LogP contribution in [-0.2, 0) is 4.74 Å². The van der Waals surface area contributed by atoms with Crippen LogP contribution in [-0.4, -0.2) is 61.7 Å². The SMILES string of the molecule is CCN(CC)c1ccc2cc(-c3nc4ccccc4[nH]3)c(=O)oc2c1.CCOC(=O)c1cc2ccc(N(c3ccccc3)c3ccccc3)cc2oc1=O.O=C(O)c1cc2ccc(N(c3ccccc3)c3ccccc3)cc2oc1=O.O=c1oc2cc(N(c3ccccc3)c3ccccc3)ccc2cc1-c1nc2ccccc2[nH]1.O=c1oc2cc(N(c3ccccc3)c3ccccc3)ccc2cc1-c1nc2ccccc2s1. The van der Waals surface area contributed by atoms with Crippen LogP contribution in [0, 0.1) is 0 Å². The molecule has 0 bridgehead atoms. The lowest BCUT2D eigenvalue weighted by Gasteiger charge is -2.25. The molecule has 0 atom stereocenters. The van der Waals surface area contributed by atoms with Crippen LogP contribution in [0.1, 0.15) is 41.5 Å². The molecule has 0 saturated heterocycles. The molecule has 0 amide bonds. The van der Waals surface area contributed by atoms with Crippen molar-refractivity contribution in [3.05, 3.63) is 500 Å². The number of benzene rings is 16. The number of imidazole rings is 2. The van der Waals surface area contributed by atoms with E-state index in [0.29, 0.717) is 72.0 Å². The number of H-pyrrole nitrogens is 2. The standard InChI is InChI=1S/C28H19N3O2.C28H18N2O2S.C24H19NO4.C22H15NO4.C20H19N3O2/c32-28-23(27-29-24-13-7-8-14-25(24)30-27)17-19-15-16-22(18-26(19)33-28)31(20-9-3-1-4-10-20)21-11-5-2-6-12-21;31-28-23(27-29-24-13-7-8-14-26(24)33-27)17-19-15-16-22(18-25(19)32-28)30(20-9-3-1-4-10-20)21-11-5-2-6-12-21;1-2-28-23(26)21-15-17-13-14-20(16-22(17)29-24(21)27)25(18-9-5-3-6-10-18)19-11-7-4-8-12-19;24-21(25)19-13-15-11-12-18(14-20(15)27-22(19)26)23(16-7-3-1-4-8-16)17-9-5-2-6-10-17;1-3-23(4-2)14-10-9-13-11-15(20(24)25-18(13)12-14)19-21-16-7-5-6-8-17(16)22-19/h1-18H,(H,29,30);1-18H;3-16H,2H2,1H3;1-14H,(H,24,25);5-12H,3-4H2,1-2H3,(H,21,22). The highest BCUT2D eigenvalue weighted by Crippen LogP contribution is 2.43. The molecule has 8 aromatic heterocycles. The van der Waals surface area contributed by atoms with Crippen LogP contribution in [0.5, 0.6) is 0 Å². The minimum atomic E-state index is -1.30. The molecule has 0 saturated carbocycles. The lowest BCUT2D eigenvalue weighted by molar-refractivity contribution is 0.0521. The van der Waals surface area contributed by atoms with Gasteiger partial charge in [0.05, 0.1) is 44.5 Å². The van der Waals surface area contributed by atoms with Gasteiger partial charge < -0.3 is 66.4 Å². The smallest absolute Gasteiger partial charge is 0.351 e. The fourth-order valence-electron chi connectivity index (χ4n) is 17.4. The highest BCUT2D eigenvalue weighted by atomic mass is 32.1. The van der Waals surface area contributed by atoms with Crippen LogP contribution in [0.15, 0.2) is 483 Å². The molecule has 25 heteroatoms. The molecule has 0 aliphatic rings. The zero-order chi connectivity index (χ0) is 101.